The van der Waals surface area contributed by atoms with E-state index in [-0.39, 0.29) is 5.72 Å². The lowest BCUT2D eigenvalue weighted by atomic mass is 10.1. The summed E-state index contributed by atoms with van der Waals surface area (Å²) in [6.45, 7) is 0. The van der Waals surface area contributed by atoms with Gasteiger partial charge in [-0.15, -0.1) is 0 Å². The average Bonchev–Trinajstić information content (AvgIpc) is 1.69. The van der Waals surface area contributed by atoms with Crippen LogP contribution in [0.2, 0.25) is 0 Å². The Labute approximate surface area is 42.2 Å². The monoisotopic (exact) mass is 91.0 g/mol. The molecule has 2 radical (unpaired) electrons. The maximum atomic E-state index is 5.10. The fourth-order valence-corrected chi connectivity index (χ4v) is 0.248. The van der Waals surface area contributed by atoms with E-state index < -0.39 is 0 Å². The Balaban J connectivity index is 3.02. The molecule has 0 spiro atoms. The average molecular weight is 90.9 g/mol. The van der Waals surface area contributed by atoms with Crippen LogP contribution in [0, 0.1) is 0 Å². The van der Waals surface area contributed by atoms with Gasteiger partial charge in [-0.2, -0.15) is 0 Å². The summed E-state index contributed by atoms with van der Waals surface area (Å²) in [6.07, 6.45) is 2.70. The fourth-order valence-electron chi connectivity index (χ4n) is 0.248. The minimum Gasteiger partial charge on any atom is -0.234 e. The molecule has 32 valence electrons. The third-order valence-electron chi connectivity index (χ3n) is 0.513. The molecule has 3 nitrogen and oxygen atoms in total. The maximum Gasteiger partial charge on any atom is 0.170 e. The minimum atomic E-state index is 0.259. The van der Waals surface area contributed by atoms with Gasteiger partial charge in [-0.25, -0.2) is 15.0 Å². The molecule has 0 aliphatic carbocycles. The molecule has 0 bridgehead atoms. The third-order valence-corrected chi connectivity index (χ3v) is 0.513. The van der Waals surface area contributed by atoms with E-state index in [9.17, 15) is 0 Å². The van der Waals surface area contributed by atoms with Gasteiger partial charge in [0.05, 0.1) is 5.72 Å². The normalized spacial score (nSPS) is 8.57. The summed E-state index contributed by atoms with van der Waals surface area (Å²) in [4.78, 5) is 10.6. The van der Waals surface area contributed by atoms with Gasteiger partial charge in [0.2, 0.25) is 0 Å². The Hall–Kier alpha value is -0.925. The molecular formula is C3H2BN3. The van der Waals surface area contributed by atoms with Crippen molar-refractivity contribution in [3.8, 4) is 0 Å². The van der Waals surface area contributed by atoms with Gasteiger partial charge in [-0.05, 0) is 0 Å². The highest BCUT2D eigenvalue weighted by Gasteiger charge is 1.75. The van der Waals surface area contributed by atoms with Crippen LogP contribution in [0.4, 0.5) is 0 Å². The summed E-state index contributed by atoms with van der Waals surface area (Å²) in [5.41, 5.74) is 0.259. The smallest absolute Gasteiger partial charge is 0.170 e. The third kappa shape index (κ3) is 0.959. The van der Waals surface area contributed by atoms with Crippen molar-refractivity contribution in [1.82, 2.24) is 15.0 Å². The van der Waals surface area contributed by atoms with Crippen molar-refractivity contribution in [3.05, 3.63) is 12.7 Å². The van der Waals surface area contributed by atoms with E-state index in [1.807, 2.05) is 0 Å². The van der Waals surface area contributed by atoms with Gasteiger partial charge in [0.15, 0.2) is 7.85 Å². The molecule has 0 saturated heterocycles. The zero-order chi connectivity index (χ0) is 5.11. The van der Waals surface area contributed by atoms with Crippen LogP contribution < -0.4 is 5.72 Å². The molecule has 0 fully saturated rings. The topological polar surface area (TPSA) is 38.7 Å². The largest absolute Gasteiger partial charge is 0.234 e. The van der Waals surface area contributed by atoms with Gasteiger partial charge in [-0.1, -0.05) is 0 Å². The number of rotatable bonds is 0. The molecule has 0 amide bonds. The Kier molecular flexibility index (Phi) is 1.02. The van der Waals surface area contributed by atoms with Crippen LogP contribution >= 0.6 is 0 Å². The number of nitrogens with zero attached hydrogens (tertiary/aromatic N) is 3. The first kappa shape index (κ1) is 4.24. The van der Waals surface area contributed by atoms with E-state index in [0.717, 1.165) is 0 Å². The number of aromatic nitrogens is 3. The molecule has 0 N–H and O–H groups in total. The molecule has 0 unspecified atom stereocenters. The van der Waals surface area contributed by atoms with Crippen LogP contribution in [-0.2, 0) is 0 Å². The second kappa shape index (κ2) is 1.68. The second-order valence-corrected chi connectivity index (χ2v) is 0.996. The molecule has 7 heavy (non-hydrogen) atoms. The highest BCUT2D eigenvalue weighted by Crippen LogP contribution is 1.54. The lowest BCUT2D eigenvalue weighted by Crippen LogP contribution is -2.11. The quantitative estimate of drug-likeness (QED) is 0.371. The summed E-state index contributed by atoms with van der Waals surface area (Å²) >= 11 is 0. The molecule has 0 aliphatic heterocycles. The van der Waals surface area contributed by atoms with Crippen molar-refractivity contribution in [2.45, 2.75) is 0 Å². The zero-order valence-corrected chi connectivity index (χ0v) is 3.57. The van der Waals surface area contributed by atoms with Crippen LogP contribution in [0.25, 0.3) is 0 Å². The van der Waals surface area contributed by atoms with Crippen molar-refractivity contribution in [2.75, 3.05) is 0 Å². The van der Waals surface area contributed by atoms with Crippen LogP contribution in [-0.4, -0.2) is 22.8 Å². The molecule has 1 aromatic rings. The molecule has 4 heteroatoms. The van der Waals surface area contributed by atoms with Crippen molar-refractivity contribution in [3.63, 3.8) is 0 Å². The van der Waals surface area contributed by atoms with E-state index in [0.29, 0.717) is 0 Å². The number of hydrogen-bond acceptors (Lipinski definition) is 3. The standard InChI is InChI=1S/C3H2BN3/c4-3-6-1-5-2-7-3/h1-2H. The van der Waals surface area contributed by atoms with Crippen LogP contribution in [0.1, 0.15) is 0 Å². The molecule has 1 rings (SSSR count). The Morgan fingerprint density at radius 1 is 1.29 bits per heavy atom. The van der Waals surface area contributed by atoms with Crippen LogP contribution in [0.5, 0.6) is 0 Å². The lowest BCUT2D eigenvalue weighted by Gasteiger charge is -1.81. The summed E-state index contributed by atoms with van der Waals surface area (Å²) < 4.78 is 0. The molecule has 1 heterocycles. The summed E-state index contributed by atoms with van der Waals surface area (Å²) in [7, 11) is 5.10. The predicted molar refractivity (Wildman–Crippen MR) is 25.2 cm³/mol. The van der Waals surface area contributed by atoms with Gasteiger partial charge >= 0.3 is 0 Å². The highest BCUT2D eigenvalue weighted by molar-refractivity contribution is 6.28. The number of hydrogen-bond donors (Lipinski definition) is 0. The lowest BCUT2D eigenvalue weighted by molar-refractivity contribution is 1.09. The van der Waals surface area contributed by atoms with Gasteiger partial charge < -0.3 is 0 Å². The highest BCUT2D eigenvalue weighted by atomic mass is 14.9. The van der Waals surface area contributed by atoms with E-state index in [4.69, 9.17) is 7.85 Å². The van der Waals surface area contributed by atoms with Crippen molar-refractivity contribution < 1.29 is 0 Å². The van der Waals surface area contributed by atoms with Crippen LogP contribution in [0.15, 0.2) is 12.7 Å². The molecule has 1 aromatic heterocycles. The van der Waals surface area contributed by atoms with Gasteiger partial charge in [-0.3, -0.25) is 0 Å². The first-order valence-corrected chi connectivity index (χ1v) is 1.77. The Bertz CT molecular complexity index is 140. The molecule has 0 atom stereocenters. The van der Waals surface area contributed by atoms with E-state index in [2.05, 4.69) is 15.0 Å². The van der Waals surface area contributed by atoms with Gasteiger partial charge in [0, 0.05) is 0 Å². The predicted octanol–water partition coefficient (Wildman–Crippen LogP) is -1.33. The van der Waals surface area contributed by atoms with E-state index >= 15 is 0 Å². The molecule has 0 saturated carbocycles. The maximum absolute atomic E-state index is 5.10. The van der Waals surface area contributed by atoms with Crippen molar-refractivity contribution >= 4 is 13.6 Å². The Morgan fingerprint density at radius 3 is 2.14 bits per heavy atom. The SMILES string of the molecule is [B]c1ncncn1. The summed E-state index contributed by atoms with van der Waals surface area (Å²) in [6, 6.07) is 0. The minimum absolute atomic E-state index is 0.259. The van der Waals surface area contributed by atoms with Crippen molar-refractivity contribution in [2.24, 2.45) is 0 Å². The van der Waals surface area contributed by atoms with Crippen molar-refractivity contribution in [1.29, 1.82) is 0 Å². The zero-order valence-electron chi connectivity index (χ0n) is 3.57. The first-order valence-electron chi connectivity index (χ1n) is 1.77. The second-order valence-electron chi connectivity index (χ2n) is 0.996. The first-order chi connectivity index (χ1) is 3.39. The van der Waals surface area contributed by atoms with E-state index in [1.165, 1.54) is 12.7 Å². The summed E-state index contributed by atoms with van der Waals surface area (Å²) in [5, 5.41) is 0. The molecule has 0 aliphatic rings. The van der Waals surface area contributed by atoms with Gasteiger partial charge in [0.25, 0.3) is 0 Å². The van der Waals surface area contributed by atoms with Gasteiger partial charge in [0.1, 0.15) is 12.7 Å². The fraction of sp³-hybridized carbons (Fsp3) is 0. The van der Waals surface area contributed by atoms with E-state index in [1.54, 1.807) is 0 Å². The Morgan fingerprint density at radius 2 is 1.86 bits per heavy atom. The summed E-state index contributed by atoms with van der Waals surface area (Å²) in [5.74, 6) is 0. The van der Waals surface area contributed by atoms with Crippen LogP contribution in [0.3, 0.4) is 0 Å². The molecule has 0 aromatic carbocycles. The molecular weight excluding hydrogens is 88.9 g/mol.